The molecule has 0 aliphatic carbocycles. The van der Waals surface area contributed by atoms with Crippen LogP contribution in [0.4, 0.5) is 8.78 Å². The maximum Gasteiger partial charge on any atom is 0.253 e. The molecule has 3 aromatic rings. The van der Waals surface area contributed by atoms with Crippen molar-refractivity contribution in [3.63, 3.8) is 0 Å². The van der Waals surface area contributed by atoms with Crippen LogP contribution in [0.2, 0.25) is 0 Å². The Hall–Kier alpha value is -3.07. The number of aryl methyl sites for hydroxylation is 3. The van der Waals surface area contributed by atoms with Gasteiger partial charge in [-0.15, -0.1) is 0 Å². The molecule has 1 fully saturated rings. The third-order valence-electron chi connectivity index (χ3n) is 6.50. The molecule has 1 saturated heterocycles. The number of hydrogen-bond acceptors (Lipinski definition) is 4. The molecule has 176 valence electrons. The largest absolute Gasteiger partial charge is 0.353 e. The Kier molecular flexibility index (Phi) is 6.60. The number of aromatic nitrogens is 3. The number of nitrogens with one attached hydrogen (secondary N) is 2. The van der Waals surface area contributed by atoms with Crippen LogP contribution < -0.4 is 10.9 Å². The first-order valence-electron chi connectivity index (χ1n) is 11.2. The first kappa shape index (κ1) is 23.1. The van der Waals surface area contributed by atoms with Gasteiger partial charge in [0, 0.05) is 50.1 Å². The lowest BCUT2D eigenvalue weighted by atomic mass is 10.0. The van der Waals surface area contributed by atoms with Crippen LogP contribution in [0.5, 0.6) is 0 Å². The van der Waals surface area contributed by atoms with Gasteiger partial charge in [0.15, 0.2) is 11.6 Å². The standard InChI is InChI=1S/C24H29F2N5O2/c1-14-18(24(33)28-23-22(14)15(2)29-30(23)3)5-7-21(32)27-17-8-10-31(11-9-17)13-16-4-6-19(25)20(26)12-16/h4,6,12,17H,5,7-11,13H2,1-3H3,(H,27,32)(H,28,33). The fourth-order valence-corrected chi connectivity index (χ4v) is 4.73. The molecule has 9 heteroatoms. The fourth-order valence-electron chi connectivity index (χ4n) is 4.73. The normalized spacial score (nSPS) is 15.3. The van der Waals surface area contributed by atoms with Crippen LogP contribution in [0, 0.1) is 25.5 Å². The molecule has 1 aliphatic rings. The van der Waals surface area contributed by atoms with E-state index in [2.05, 4.69) is 20.3 Å². The number of carbonyl (C=O) groups excluding carboxylic acids is 1. The Bertz CT molecular complexity index is 1240. The van der Waals surface area contributed by atoms with Crippen LogP contribution in [0.25, 0.3) is 11.0 Å². The van der Waals surface area contributed by atoms with Crippen molar-refractivity contribution in [3.8, 4) is 0 Å². The van der Waals surface area contributed by atoms with E-state index in [-0.39, 0.29) is 23.9 Å². The summed E-state index contributed by atoms with van der Waals surface area (Å²) in [5, 5.41) is 8.38. The average molecular weight is 458 g/mol. The molecule has 0 radical (unpaired) electrons. The van der Waals surface area contributed by atoms with Crippen LogP contribution in [0.3, 0.4) is 0 Å². The number of nitrogens with zero attached hydrogens (tertiary/aromatic N) is 3. The van der Waals surface area contributed by atoms with Crippen molar-refractivity contribution < 1.29 is 13.6 Å². The number of halogens is 2. The maximum atomic E-state index is 13.4. The van der Waals surface area contributed by atoms with Crippen LogP contribution >= 0.6 is 0 Å². The van der Waals surface area contributed by atoms with E-state index in [1.807, 2.05) is 13.8 Å². The van der Waals surface area contributed by atoms with Gasteiger partial charge in [-0.05, 0) is 56.4 Å². The van der Waals surface area contributed by atoms with Crippen LogP contribution in [-0.2, 0) is 24.8 Å². The summed E-state index contributed by atoms with van der Waals surface area (Å²) in [6.07, 6.45) is 2.18. The van der Waals surface area contributed by atoms with Crippen molar-refractivity contribution in [2.75, 3.05) is 13.1 Å². The molecule has 4 rings (SSSR count). The Morgan fingerprint density at radius 1 is 1.21 bits per heavy atom. The van der Waals surface area contributed by atoms with E-state index < -0.39 is 11.6 Å². The van der Waals surface area contributed by atoms with E-state index in [0.29, 0.717) is 24.2 Å². The van der Waals surface area contributed by atoms with Crippen molar-refractivity contribution in [3.05, 3.63) is 62.6 Å². The number of rotatable bonds is 6. The zero-order valence-electron chi connectivity index (χ0n) is 19.2. The number of amides is 1. The summed E-state index contributed by atoms with van der Waals surface area (Å²) in [6.45, 7) is 5.89. The summed E-state index contributed by atoms with van der Waals surface area (Å²) in [6, 6.07) is 4.05. The molecule has 1 aromatic carbocycles. The topological polar surface area (TPSA) is 83.0 Å². The van der Waals surface area contributed by atoms with E-state index in [1.54, 1.807) is 17.8 Å². The number of benzene rings is 1. The van der Waals surface area contributed by atoms with E-state index in [1.165, 1.54) is 6.07 Å². The van der Waals surface area contributed by atoms with Crippen molar-refractivity contribution in [1.29, 1.82) is 0 Å². The van der Waals surface area contributed by atoms with Crippen molar-refractivity contribution in [1.82, 2.24) is 25.0 Å². The predicted molar refractivity (Wildman–Crippen MR) is 122 cm³/mol. The summed E-state index contributed by atoms with van der Waals surface area (Å²) >= 11 is 0. The number of likely N-dealkylation sites (tertiary alicyclic amines) is 1. The highest BCUT2D eigenvalue weighted by Gasteiger charge is 2.22. The van der Waals surface area contributed by atoms with E-state index >= 15 is 0 Å². The van der Waals surface area contributed by atoms with Crippen molar-refractivity contribution in [2.24, 2.45) is 7.05 Å². The Balaban J connectivity index is 1.29. The molecule has 33 heavy (non-hydrogen) atoms. The molecule has 1 amide bonds. The number of H-pyrrole nitrogens is 1. The highest BCUT2D eigenvalue weighted by Crippen LogP contribution is 2.21. The number of carbonyl (C=O) groups is 1. The Labute approximate surface area is 190 Å². The lowest BCUT2D eigenvalue weighted by Gasteiger charge is -2.32. The van der Waals surface area contributed by atoms with E-state index in [0.717, 1.165) is 54.2 Å². The fraction of sp³-hybridized carbons (Fsp3) is 0.458. The van der Waals surface area contributed by atoms with Crippen molar-refractivity contribution in [2.45, 2.75) is 52.1 Å². The third-order valence-corrected chi connectivity index (χ3v) is 6.50. The van der Waals surface area contributed by atoms with E-state index in [9.17, 15) is 18.4 Å². The predicted octanol–water partition coefficient (Wildman–Crippen LogP) is 2.87. The zero-order valence-corrected chi connectivity index (χ0v) is 19.2. The monoisotopic (exact) mass is 457 g/mol. The second-order valence-corrected chi connectivity index (χ2v) is 8.86. The number of hydrogen-bond donors (Lipinski definition) is 2. The average Bonchev–Trinajstić information content (AvgIpc) is 3.05. The van der Waals surface area contributed by atoms with Crippen molar-refractivity contribution >= 4 is 16.9 Å². The van der Waals surface area contributed by atoms with Crippen LogP contribution in [0.1, 0.15) is 41.6 Å². The van der Waals surface area contributed by atoms with Gasteiger partial charge in [0.25, 0.3) is 5.56 Å². The molecule has 3 heterocycles. The summed E-state index contributed by atoms with van der Waals surface area (Å²) < 4.78 is 28.2. The highest BCUT2D eigenvalue weighted by atomic mass is 19.2. The van der Waals surface area contributed by atoms with Crippen LogP contribution in [0.15, 0.2) is 23.0 Å². The molecular weight excluding hydrogens is 428 g/mol. The van der Waals surface area contributed by atoms with E-state index in [4.69, 9.17) is 0 Å². The SMILES string of the molecule is Cc1nn(C)c2[nH]c(=O)c(CCC(=O)NC3CCN(Cc4ccc(F)c(F)c4)CC3)c(C)c12. The molecular formula is C24H29F2N5O2. The molecule has 2 N–H and O–H groups in total. The summed E-state index contributed by atoms with van der Waals surface area (Å²) in [4.78, 5) is 30.2. The zero-order chi connectivity index (χ0) is 23.7. The van der Waals surface area contributed by atoms with Gasteiger partial charge in [0.1, 0.15) is 5.65 Å². The molecule has 7 nitrogen and oxygen atoms in total. The summed E-state index contributed by atoms with van der Waals surface area (Å²) in [5.74, 6) is -1.75. The lowest BCUT2D eigenvalue weighted by molar-refractivity contribution is -0.122. The molecule has 0 saturated carbocycles. The Morgan fingerprint density at radius 3 is 2.64 bits per heavy atom. The van der Waals surface area contributed by atoms with Gasteiger partial charge in [0.05, 0.1) is 5.69 Å². The number of fused-ring (bicyclic) bond motifs is 1. The minimum Gasteiger partial charge on any atom is -0.353 e. The number of aromatic amines is 1. The van der Waals surface area contributed by atoms with Gasteiger partial charge in [-0.25, -0.2) is 8.78 Å². The summed E-state index contributed by atoms with van der Waals surface area (Å²) in [5.41, 5.74) is 3.59. The molecule has 2 aromatic heterocycles. The molecule has 0 atom stereocenters. The van der Waals surface area contributed by atoms with Gasteiger partial charge in [-0.2, -0.15) is 5.10 Å². The molecule has 1 aliphatic heterocycles. The second-order valence-electron chi connectivity index (χ2n) is 8.86. The maximum absolute atomic E-state index is 13.4. The molecule has 0 spiro atoms. The van der Waals surface area contributed by atoms with Gasteiger partial charge in [0.2, 0.25) is 5.91 Å². The lowest BCUT2D eigenvalue weighted by Crippen LogP contribution is -2.44. The smallest absolute Gasteiger partial charge is 0.253 e. The minimum absolute atomic E-state index is 0.0705. The van der Waals surface area contributed by atoms with Gasteiger partial charge in [-0.3, -0.25) is 19.2 Å². The highest BCUT2D eigenvalue weighted by molar-refractivity contribution is 5.83. The van der Waals surface area contributed by atoms with Gasteiger partial charge >= 0.3 is 0 Å². The molecule has 0 unspecified atom stereocenters. The molecule has 0 bridgehead atoms. The van der Waals surface area contributed by atoms with Gasteiger partial charge in [-0.1, -0.05) is 6.07 Å². The van der Waals surface area contributed by atoms with Crippen LogP contribution in [-0.4, -0.2) is 44.7 Å². The third kappa shape index (κ3) is 4.98. The second kappa shape index (κ2) is 9.43. The Morgan fingerprint density at radius 2 is 1.94 bits per heavy atom. The summed E-state index contributed by atoms with van der Waals surface area (Å²) in [7, 11) is 1.79. The first-order valence-corrected chi connectivity index (χ1v) is 11.2. The quantitative estimate of drug-likeness (QED) is 0.596. The minimum atomic E-state index is -0.840. The number of pyridine rings is 1. The number of piperidine rings is 1. The first-order chi connectivity index (χ1) is 15.7. The van der Waals surface area contributed by atoms with Gasteiger partial charge < -0.3 is 10.3 Å².